The molecule has 0 saturated carbocycles. The second kappa shape index (κ2) is 6.53. The van der Waals surface area contributed by atoms with E-state index in [1.54, 1.807) is 0 Å². The smallest absolute Gasteiger partial charge is 0.263 e. The first-order valence-electron chi connectivity index (χ1n) is 7.07. The number of nitrogens with one attached hydrogen (secondary N) is 1. The summed E-state index contributed by atoms with van der Waals surface area (Å²) in [6, 6.07) is 3.71. The van der Waals surface area contributed by atoms with Crippen LogP contribution in [0, 0.1) is 12.8 Å². The van der Waals surface area contributed by atoms with E-state index in [1.807, 2.05) is 29.3 Å². The minimum atomic E-state index is -0.0726. The number of thiophene rings is 1. The zero-order valence-corrected chi connectivity index (χ0v) is 13.7. The van der Waals surface area contributed by atoms with Gasteiger partial charge in [0, 0.05) is 19.0 Å². The van der Waals surface area contributed by atoms with E-state index >= 15 is 0 Å². The Morgan fingerprint density at radius 2 is 2.09 bits per heavy atom. The first-order valence-corrected chi connectivity index (χ1v) is 8.77. The van der Waals surface area contributed by atoms with Gasteiger partial charge in [0.1, 0.15) is 5.01 Å². The molecule has 8 heteroatoms. The van der Waals surface area contributed by atoms with Crippen molar-refractivity contribution >= 4 is 39.6 Å². The molecule has 1 saturated heterocycles. The number of piperidine rings is 1. The van der Waals surface area contributed by atoms with Gasteiger partial charge in [-0.15, -0.1) is 21.5 Å². The molecule has 1 N–H and O–H groups in total. The first kappa shape index (κ1) is 15.1. The second-order valence-electron chi connectivity index (χ2n) is 5.16. The van der Waals surface area contributed by atoms with Crippen molar-refractivity contribution in [3.63, 3.8) is 0 Å². The number of hydrogen-bond acceptors (Lipinski definition) is 6. The highest BCUT2D eigenvalue weighted by Crippen LogP contribution is 2.23. The lowest BCUT2D eigenvalue weighted by Gasteiger charge is -2.30. The van der Waals surface area contributed by atoms with Crippen LogP contribution in [0.1, 0.15) is 27.5 Å². The molecule has 3 rings (SSSR count). The molecule has 2 aromatic heterocycles. The Morgan fingerprint density at radius 3 is 2.68 bits per heavy atom. The van der Waals surface area contributed by atoms with Crippen LogP contribution in [0.2, 0.25) is 0 Å². The zero-order chi connectivity index (χ0) is 15.5. The molecule has 0 aromatic carbocycles. The molecule has 22 heavy (non-hydrogen) atoms. The van der Waals surface area contributed by atoms with Crippen molar-refractivity contribution in [2.75, 3.05) is 18.4 Å². The predicted molar refractivity (Wildman–Crippen MR) is 86.2 cm³/mol. The number of hydrogen-bond donors (Lipinski definition) is 1. The summed E-state index contributed by atoms with van der Waals surface area (Å²) in [5.41, 5.74) is 0. The number of likely N-dealkylation sites (tertiary alicyclic amines) is 1. The maximum absolute atomic E-state index is 12.3. The van der Waals surface area contributed by atoms with E-state index in [2.05, 4.69) is 15.5 Å². The highest BCUT2D eigenvalue weighted by Gasteiger charge is 2.28. The van der Waals surface area contributed by atoms with E-state index in [0.29, 0.717) is 31.1 Å². The Hall–Kier alpha value is -1.80. The second-order valence-corrected chi connectivity index (χ2v) is 7.29. The van der Waals surface area contributed by atoms with Gasteiger partial charge in [-0.05, 0) is 31.2 Å². The number of nitrogens with zero attached hydrogens (tertiary/aromatic N) is 3. The summed E-state index contributed by atoms with van der Waals surface area (Å²) in [5.74, 6) is -0.0374. The van der Waals surface area contributed by atoms with Crippen LogP contribution < -0.4 is 5.32 Å². The molecular weight excluding hydrogens is 320 g/mol. The number of carbonyl (C=O) groups excluding carboxylic acids is 2. The van der Waals surface area contributed by atoms with Gasteiger partial charge in [-0.2, -0.15) is 0 Å². The Kier molecular flexibility index (Phi) is 4.49. The van der Waals surface area contributed by atoms with Gasteiger partial charge in [0.05, 0.1) is 4.88 Å². The van der Waals surface area contributed by atoms with Gasteiger partial charge >= 0.3 is 0 Å². The summed E-state index contributed by atoms with van der Waals surface area (Å²) in [7, 11) is 0. The monoisotopic (exact) mass is 336 g/mol. The van der Waals surface area contributed by atoms with Gasteiger partial charge in [0.2, 0.25) is 11.0 Å². The maximum atomic E-state index is 12.3. The maximum Gasteiger partial charge on any atom is 0.263 e. The third-order valence-corrected chi connectivity index (χ3v) is 5.25. The van der Waals surface area contributed by atoms with E-state index in [0.717, 1.165) is 9.88 Å². The van der Waals surface area contributed by atoms with Gasteiger partial charge in [-0.25, -0.2) is 0 Å². The summed E-state index contributed by atoms with van der Waals surface area (Å²) in [6.45, 7) is 3.08. The summed E-state index contributed by atoms with van der Waals surface area (Å²) in [4.78, 5) is 27.0. The van der Waals surface area contributed by atoms with E-state index in [1.165, 1.54) is 22.7 Å². The highest BCUT2D eigenvalue weighted by molar-refractivity contribution is 7.15. The molecule has 2 amide bonds. The van der Waals surface area contributed by atoms with Gasteiger partial charge in [-0.1, -0.05) is 17.4 Å². The molecule has 1 aliphatic rings. The van der Waals surface area contributed by atoms with E-state index in [-0.39, 0.29) is 17.7 Å². The zero-order valence-electron chi connectivity index (χ0n) is 12.1. The van der Waals surface area contributed by atoms with Crippen molar-refractivity contribution < 1.29 is 9.59 Å². The van der Waals surface area contributed by atoms with Crippen LogP contribution in [0.15, 0.2) is 17.5 Å². The van der Waals surface area contributed by atoms with E-state index < -0.39 is 0 Å². The summed E-state index contributed by atoms with van der Waals surface area (Å²) in [5, 5.41) is 13.9. The quantitative estimate of drug-likeness (QED) is 0.934. The Balaban J connectivity index is 1.53. The lowest BCUT2D eigenvalue weighted by atomic mass is 9.96. The molecule has 6 nitrogen and oxygen atoms in total. The lowest BCUT2D eigenvalue weighted by Crippen LogP contribution is -2.41. The fourth-order valence-electron chi connectivity index (χ4n) is 2.46. The fourth-order valence-corrected chi connectivity index (χ4v) is 3.74. The van der Waals surface area contributed by atoms with Crippen molar-refractivity contribution in [2.45, 2.75) is 19.8 Å². The third kappa shape index (κ3) is 3.33. The molecule has 1 fully saturated rings. The normalized spacial score (nSPS) is 15.8. The number of aryl methyl sites for hydroxylation is 1. The number of aromatic nitrogens is 2. The molecule has 0 radical (unpaired) electrons. The minimum Gasteiger partial charge on any atom is -0.338 e. The molecule has 0 aliphatic carbocycles. The van der Waals surface area contributed by atoms with Gasteiger partial charge < -0.3 is 10.2 Å². The Bertz CT molecular complexity index is 660. The van der Waals surface area contributed by atoms with E-state index in [4.69, 9.17) is 0 Å². The molecule has 3 heterocycles. The van der Waals surface area contributed by atoms with Crippen molar-refractivity contribution in [3.05, 3.63) is 27.4 Å². The number of carbonyl (C=O) groups is 2. The minimum absolute atomic E-state index is 0.0284. The number of anilines is 1. The van der Waals surface area contributed by atoms with Crippen LogP contribution in [0.4, 0.5) is 5.13 Å². The molecule has 0 unspecified atom stereocenters. The van der Waals surface area contributed by atoms with Crippen molar-refractivity contribution in [2.24, 2.45) is 5.92 Å². The summed E-state index contributed by atoms with van der Waals surface area (Å²) in [6.07, 6.45) is 1.36. The average molecular weight is 336 g/mol. The molecule has 0 spiro atoms. The fraction of sp³-hybridized carbons (Fsp3) is 0.429. The van der Waals surface area contributed by atoms with Crippen molar-refractivity contribution in [3.8, 4) is 0 Å². The van der Waals surface area contributed by atoms with Gasteiger partial charge in [0.15, 0.2) is 0 Å². The van der Waals surface area contributed by atoms with Crippen LogP contribution in [-0.2, 0) is 4.79 Å². The largest absolute Gasteiger partial charge is 0.338 e. The standard InChI is InChI=1S/C14H16N4O2S2/c1-9-16-17-14(22-9)15-12(19)10-4-6-18(7-5-10)13(20)11-3-2-8-21-11/h2-3,8,10H,4-7H2,1H3,(H,15,17,19). The van der Waals surface area contributed by atoms with Gasteiger partial charge in [-0.3, -0.25) is 9.59 Å². The van der Waals surface area contributed by atoms with Crippen LogP contribution in [0.25, 0.3) is 0 Å². The molecule has 0 bridgehead atoms. The van der Waals surface area contributed by atoms with Crippen LogP contribution in [0.5, 0.6) is 0 Å². The van der Waals surface area contributed by atoms with E-state index in [9.17, 15) is 9.59 Å². The van der Waals surface area contributed by atoms with Crippen LogP contribution in [0.3, 0.4) is 0 Å². The molecule has 2 aromatic rings. The molecular formula is C14H16N4O2S2. The van der Waals surface area contributed by atoms with Crippen LogP contribution >= 0.6 is 22.7 Å². The Morgan fingerprint density at radius 1 is 1.32 bits per heavy atom. The molecule has 1 aliphatic heterocycles. The topological polar surface area (TPSA) is 75.2 Å². The summed E-state index contributed by atoms with van der Waals surface area (Å²) < 4.78 is 0. The molecule has 116 valence electrons. The van der Waals surface area contributed by atoms with Crippen LogP contribution in [-0.4, -0.2) is 40.0 Å². The Labute approximate surface area is 136 Å². The third-order valence-electron chi connectivity index (χ3n) is 3.64. The number of amides is 2. The summed E-state index contributed by atoms with van der Waals surface area (Å²) >= 11 is 2.82. The first-order chi connectivity index (χ1) is 10.6. The van der Waals surface area contributed by atoms with Crippen molar-refractivity contribution in [1.82, 2.24) is 15.1 Å². The van der Waals surface area contributed by atoms with Crippen molar-refractivity contribution in [1.29, 1.82) is 0 Å². The van der Waals surface area contributed by atoms with Gasteiger partial charge in [0.25, 0.3) is 5.91 Å². The number of rotatable bonds is 3. The highest BCUT2D eigenvalue weighted by atomic mass is 32.1. The lowest BCUT2D eigenvalue weighted by molar-refractivity contribution is -0.121. The SMILES string of the molecule is Cc1nnc(NC(=O)C2CCN(C(=O)c3cccs3)CC2)s1. The average Bonchev–Trinajstić information content (AvgIpc) is 3.18. The predicted octanol–water partition coefficient (Wildman–Crippen LogP) is 2.40. The molecule has 0 atom stereocenters.